The number of ether oxygens (including phenoxy) is 1. The molecule has 1 fully saturated rings. The molecule has 0 radical (unpaired) electrons. The summed E-state index contributed by atoms with van der Waals surface area (Å²) in [5, 5.41) is 0. The first-order valence-electron chi connectivity index (χ1n) is 6.77. The Morgan fingerprint density at radius 3 is 2.83 bits per heavy atom. The van der Waals surface area contributed by atoms with Crippen molar-refractivity contribution in [2.75, 3.05) is 33.4 Å². The number of hydrogen-bond acceptors (Lipinski definition) is 4. The van der Waals surface area contributed by atoms with Crippen LogP contribution in [0.4, 0.5) is 0 Å². The Balaban J connectivity index is 2.16. The van der Waals surface area contributed by atoms with E-state index in [0.717, 1.165) is 32.7 Å². The molecule has 18 heavy (non-hydrogen) atoms. The highest BCUT2D eigenvalue weighted by molar-refractivity contribution is 5.83. The summed E-state index contributed by atoms with van der Waals surface area (Å²) in [6, 6.07) is 0. The fraction of sp³-hybridized carbons (Fsp3) is 0.923. The standard InChI is InChI=1S/C13H27N3O2/c1-13(15,12(14)17)6-4-7-16(2)9-11-5-3-8-18-10-11/h11H,3-10,15H2,1-2H3,(H2,14,17). The molecule has 1 rings (SSSR count). The molecular formula is C13H27N3O2. The monoisotopic (exact) mass is 257 g/mol. The van der Waals surface area contributed by atoms with Crippen molar-refractivity contribution in [2.45, 2.75) is 38.1 Å². The molecule has 1 heterocycles. The summed E-state index contributed by atoms with van der Waals surface area (Å²) in [6.07, 6.45) is 3.94. The summed E-state index contributed by atoms with van der Waals surface area (Å²) < 4.78 is 5.47. The Bertz CT molecular complexity index is 263. The van der Waals surface area contributed by atoms with Gasteiger partial charge in [0.2, 0.25) is 5.91 Å². The second kappa shape index (κ2) is 7.07. The van der Waals surface area contributed by atoms with Crippen molar-refractivity contribution in [1.29, 1.82) is 0 Å². The normalized spacial score (nSPS) is 23.9. The van der Waals surface area contributed by atoms with Crippen LogP contribution >= 0.6 is 0 Å². The van der Waals surface area contributed by atoms with Crippen LogP contribution in [0.2, 0.25) is 0 Å². The van der Waals surface area contributed by atoms with E-state index in [1.807, 2.05) is 0 Å². The molecule has 1 saturated heterocycles. The molecule has 0 aromatic heterocycles. The van der Waals surface area contributed by atoms with Crippen molar-refractivity contribution in [3.05, 3.63) is 0 Å². The average molecular weight is 257 g/mol. The van der Waals surface area contributed by atoms with Crippen LogP contribution in [0.15, 0.2) is 0 Å². The van der Waals surface area contributed by atoms with Crippen molar-refractivity contribution in [3.8, 4) is 0 Å². The van der Waals surface area contributed by atoms with Crippen molar-refractivity contribution in [3.63, 3.8) is 0 Å². The van der Waals surface area contributed by atoms with E-state index in [-0.39, 0.29) is 0 Å². The van der Waals surface area contributed by atoms with Crippen LogP contribution in [0.5, 0.6) is 0 Å². The second-order valence-corrected chi connectivity index (χ2v) is 5.73. The molecular weight excluding hydrogens is 230 g/mol. The van der Waals surface area contributed by atoms with Crippen LogP contribution in [0, 0.1) is 5.92 Å². The minimum absolute atomic E-state index is 0.425. The predicted octanol–water partition coefficient (Wildman–Crippen LogP) is 0.328. The molecule has 4 N–H and O–H groups in total. The molecule has 0 aromatic rings. The first-order chi connectivity index (χ1) is 8.42. The predicted molar refractivity (Wildman–Crippen MR) is 72.1 cm³/mol. The third kappa shape index (κ3) is 5.33. The molecule has 5 nitrogen and oxygen atoms in total. The fourth-order valence-electron chi connectivity index (χ4n) is 2.32. The molecule has 5 heteroatoms. The first kappa shape index (κ1) is 15.4. The molecule has 1 amide bonds. The van der Waals surface area contributed by atoms with E-state index in [9.17, 15) is 4.79 Å². The van der Waals surface area contributed by atoms with Crippen molar-refractivity contribution in [1.82, 2.24) is 4.90 Å². The smallest absolute Gasteiger partial charge is 0.237 e. The van der Waals surface area contributed by atoms with E-state index >= 15 is 0 Å². The zero-order valence-corrected chi connectivity index (χ0v) is 11.7. The lowest BCUT2D eigenvalue weighted by Gasteiger charge is -2.28. The van der Waals surface area contributed by atoms with Gasteiger partial charge in [-0.3, -0.25) is 4.79 Å². The van der Waals surface area contributed by atoms with Gasteiger partial charge in [-0.2, -0.15) is 0 Å². The van der Waals surface area contributed by atoms with Crippen molar-refractivity contribution >= 4 is 5.91 Å². The average Bonchev–Trinajstić information content (AvgIpc) is 2.29. The van der Waals surface area contributed by atoms with Crippen molar-refractivity contribution in [2.24, 2.45) is 17.4 Å². The third-order valence-electron chi connectivity index (χ3n) is 3.62. The maximum atomic E-state index is 11.1. The lowest BCUT2D eigenvalue weighted by atomic mass is 9.96. The number of amides is 1. The van der Waals surface area contributed by atoms with E-state index in [4.69, 9.17) is 16.2 Å². The lowest BCUT2D eigenvalue weighted by Crippen LogP contribution is -2.49. The number of nitrogens with two attached hydrogens (primary N) is 2. The lowest BCUT2D eigenvalue weighted by molar-refractivity contribution is -0.122. The molecule has 0 bridgehead atoms. The summed E-state index contributed by atoms with van der Waals surface area (Å²) in [7, 11) is 2.10. The summed E-state index contributed by atoms with van der Waals surface area (Å²) in [6.45, 7) is 5.48. The van der Waals surface area contributed by atoms with Gasteiger partial charge in [-0.05, 0) is 52.1 Å². The first-order valence-corrected chi connectivity index (χ1v) is 6.77. The minimum atomic E-state index is -0.880. The van der Waals surface area contributed by atoms with Gasteiger partial charge in [0.25, 0.3) is 0 Å². The molecule has 0 spiro atoms. The van der Waals surface area contributed by atoms with Crippen LogP contribution in [-0.2, 0) is 9.53 Å². The van der Waals surface area contributed by atoms with E-state index in [1.54, 1.807) is 6.92 Å². The van der Waals surface area contributed by atoms with Crippen molar-refractivity contribution < 1.29 is 9.53 Å². The highest BCUT2D eigenvalue weighted by atomic mass is 16.5. The van der Waals surface area contributed by atoms with Gasteiger partial charge in [-0.25, -0.2) is 0 Å². The maximum Gasteiger partial charge on any atom is 0.237 e. The van der Waals surface area contributed by atoms with Gasteiger partial charge < -0.3 is 21.1 Å². The van der Waals surface area contributed by atoms with Gasteiger partial charge in [-0.1, -0.05) is 0 Å². The summed E-state index contributed by atoms with van der Waals surface area (Å²) in [4.78, 5) is 13.4. The number of carbonyl (C=O) groups is 1. The van der Waals surface area contributed by atoms with Gasteiger partial charge in [0.15, 0.2) is 0 Å². The summed E-state index contributed by atoms with van der Waals surface area (Å²) in [5.41, 5.74) is 10.2. The molecule has 0 saturated carbocycles. The van der Waals surface area contributed by atoms with Crippen LogP contribution in [0.3, 0.4) is 0 Å². The van der Waals surface area contributed by atoms with Gasteiger partial charge in [-0.15, -0.1) is 0 Å². The highest BCUT2D eigenvalue weighted by Gasteiger charge is 2.25. The Hall–Kier alpha value is -0.650. The van der Waals surface area contributed by atoms with Gasteiger partial charge in [0.1, 0.15) is 0 Å². The number of carbonyl (C=O) groups excluding carboxylic acids is 1. The SMILES string of the molecule is CN(CCCC(C)(N)C(N)=O)CC1CCCOC1. The van der Waals surface area contributed by atoms with Crippen LogP contribution in [0.1, 0.15) is 32.6 Å². The molecule has 0 aliphatic carbocycles. The molecule has 1 aliphatic heterocycles. The Morgan fingerprint density at radius 1 is 1.56 bits per heavy atom. The van der Waals surface area contributed by atoms with E-state index in [1.165, 1.54) is 12.8 Å². The molecule has 2 atom stereocenters. The van der Waals surface area contributed by atoms with Gasteiger partial charge in [0.05, 0.1) is 12.1 Å². The molecule has 0 aromatic carbocycles. The van der Waals surface area contributed by atoms with Gasteiger partial charge in [0, 0.05) is 13.2 Å². The number of hydrogen-bond donors (Lipinski definition) is 2. The van der Waals surface area contributed by atoms with Crippen LogP contribution < -0.4 is 11.5 Å². The van der Waals surface area contributed by atoms with Crippen LogP contribution in [0.25, 0.3) is 0 Å². The zero-order valence-electron chi connectivity index (χ0n) is 11.7. The van der Waals surface area contributed by atoms with Gasteiger partial charge >= 0.3 is 0 Å². The van der Waals surface area contributed by atoms with E-state index < -0.39 is 11.4 Å². The number of rotatable bonds is 7. The molecule has 2 unspecified atom stereocenters. The van der Waals surface area contributed by atoms with E-state index in [2.05, 4.69) is 11.9 Å². The number of nitrogens with zero attached hydrogens (tertiary/aromatic N) is 1. The zero-order chi connectivity index (χ0) is 13.6. The van der Waals surface area contributed by atoms with Crippen LogP contribution in [-0.4, -0.2) is 49.7 Å². The fourth-order valence-corrected chi connectivity index (χ4v) is 2.32. The number of primary amides is 1. The maximum absolute atomic E-state index is 11.1. The molecule has 106 valence electrons. The second-order valence-electron chi connectivity index (χ2n) is 5.73. The topological polar surface area (TPSA) is 81.6 Å². The Labute approximate surface area is 110 Å². The Morgan fingerprint density at radius 2 is 2.28 bits per heavy atom. The quantitative estimate of drug-likeness (QED) is 0.688. The minimum Gasteiger partial charge on any atom is -0.381 e. The summed E-state index contributed by atoms with van der Waals surface area (Å²) >= 11 is 0. The highest BCUT2D eigenvalue weighted by Crippen LogP contribution is 2.15. The van der Waals surface area contributed by atoms with E-state index in [0.29, 0.717) is 12.3 Å². The molecule has 1 aliphatic rings. The Kier molecular flexibility index (Phi) is 6.05. The third-order valence-corrected chi connectivity index (χ3v) is 3.62. The largest absolute Gasteiger partial charge is 0.381 e. The summed E-state index contributed by atoms with van der Waals surface area (Å²) in [5.74, 6) is 0.218.